The van der Waals surface area contributed by atoms with Crippen LogP contribution in [0, 0.1) is 5.92 Å². The molecule has 0 aliphatic heterocycles. The van der Waals surface area contributed by atoms with Gasteiger partial charge in [-0.25, -0.2) is 4.98 Å². The van der Waals surface area contributed by atoms with Crippen LogP contribution in [0.1, 0.15) is 25.1 Å². The number of fused-ring (bicyclic) bond motifs is 1. The Morgan fingerprint density at radius 3 is 2.32 bits per heavy atom. The molecule has 3 N–H and O–H groups in total. The maximum atomic E-state index is 5.09. The van der Waals surface area contributed by atoms with Gasteiger partial charge in [0, 0.05) is 34.0 Å². The molecule has 140 valence electrons. The Balaban J connectivity index is 1.96. The molecule has 0 amide bonds. The van der Waals surface area contributed by atoms with Crippen molar-refractivity contribution >= 4 is 10.9 Å². The zero-order valence-corrected chi connectivity index (χ0v) is 16.5. The largest absolute Gasteiger partial charge is 0.354 e. The van der Waals surface area contributed by atoms with Crippen LogP contribution in [-0.4, -0.2) is 9.97 Å². The summed E-state index contributed by atoms with van der Waals surface area (Å²) in [5.41, 5.74) is 11.8. The monoisotopic (exact) mass is 368 g/mol. The number of hydrogen-bond donors (Lipinski definition) is 1. The van der Waals surface area contributed by atoms with Crippen LogP contribution in [0.2, 0.25) is 0 Å². The minimum atomic E-state index is 0.549. The van der Waals surface area contributed by atoms with Gasteiger partial charge in [0.1, 0.15) is 0 Å². The maximum absolute atomic E-state index is 5.09. The summed E-state index contributed by atoms with van der Waals surface area (Å²) in [5.74, 6) is 0.549. The van der Waals surface area contributed by atoms with Crippen molar-refractivity contribution in [3.63, 3.8) is 0 Å². The first-order valence-electron chi connectivity index (χ1n) is 9.88. The summed E-state index contributed by atoms with van der Waals surface area (Å²) >= 11 is 0. The molecular weight excluding hydrogens is 342 g/mol. The van der Waals surface area contributed by atoms with E-state index < -0.39 is 0 Å². The van der Waals surface area contributed by atoms with Crippen LogP contribution in [0.5, 0.6) is 0 Å². The Hall–Kier alpha value is -3.04. The zero-order valence-electron chi connectivity index (χ0n) is 16.5. The van der Waals surface area contributed by atoms with Crippen molar-refractivity contribution in [1.82, 2.24) is 9.97 Å². The summed E-state index contributed by atoms with van der Waals surface area (Å²) in [6, 6.07) is 23.4. The second-order valence-corrected chi connectivity index (χ2v) is 7.62. The van der Waals surface area contributed by atoms with E-state index in [4.69, 9.17) is 4.98 Å². The van der Waals surface area contributed by atoms with E-state index in [-0.39, 0.29) is 0 Å². The Morgan fingerprint density at radius 1 is 0.893 bits per heavy atom. The summed E-state index contributed by atoms with van der Waals surface area (Å²) in [5, 5.41) is 1.15. The van der Waals surface area contributed by atoms with E-state index >= 15 is 0 Å². The third-order valence-corrected chi connectivity index (χ3v) is 5.03. The molecule has 0 atom stereocenters. The first-order chi connectivity index (χ1) is 13.7. The molecule has 3 heteroatoms. The van der Waals surface area contributed by atoms with E-state index in [1.165, 1.54) is 11.1 Å². The van der Waals surface area contributed by atoms with Crippen molar-refractivity contribution in [2.24, 2.45) is 5.92 Å². The maximum Gasteiger partial charge on any atom is 0.0997 e. The molecule has 0 aliphatic rings. The van der Waals surface area contributed by atoms with Crippen LogP contribution >= 0.6 is 0 Å². The van der Waals surface area contributed by atoms with Gasteiger partial charge in [-0.05, 0) is 30.0 Å². The van der Waals surface area contributed by atoms with Gasteiger partial charge in [-0.2, -0.15) is 0 Å². The normalized spacial score (nSPS) is 11.3. The highest BCUT2D eigenvalue weighted by atomic mass is 14.7. The molecule has 0 fully saturated rings. The molecule has 0 spiro atoms. The summed E-state index contributed by atoms with van der Waals surface area (Å²) < 4.78 is 0. The highest BCUT2D eigenvalue weighted by molar-refractivity contribution is 5.92. The predicted octanol–water partition coefficient (Wildman–Crippen LogP) is 4.90. The lowest BCUT2D eigenvalue weighted by atomic mass is 9.95. The van der Waals surface area contributed by atoms with Crippen LogP contribution in [0.3, 0.4) is 0 Å². The van der Waals surface area contributed by atoms with Crippen LogP contribution < -0.4 is 5.73 Å². The third kappa shape index (κ3) is 3.67. The molecule has 4 aromatic rings. The molecule has 0 radical (unpaired) electrons. The standard InChI is InChI=1S/C25H25N3/c1-17(2)14-24-22-15-21(19-6-4-3-5-7-19)25(28-23(22)12-13-27-24)20-10-8-18(16-26)9-11-20/h3-13,15,17H,14,16,26H2,1-2H3/p+1. The first-order valence-corrected chi connectivity index (χ1v) is 9.88. The van der Waals surface area contributed by atoms with Crippen LogP contribution in [0.25, 0.3) is 33.3 Å². The van der Waals surface area contributed by atoms with Gasteiger partial charge in [-0.1, -0.05) is 68.4 Å². The Kier molecular flexibility index (Phi) is 5.18. The second-order valence-electron chi connectivity index (χ2n) is 7.62. The molecule has 0 unspecified atom stereocenters. The van der Waals surface area contributed by atoms with Gasteiger partial charge in [0.2, 0.25) is 0 Å². The number of nitrogens with zero attached hydrogens (tertiary/aromatic N) is 2. The molecule has 3 nitrogen and oxygen atoms in total. The van der Waals surface area contributed by atoms with E-state index in [2.05, 4.69) is 79.2 Å². The lowest BCUT2D eigenvalue weighted by molar-refractivity contribution is -0.386. The number of benzene rings is 2. The summed E-state index contributed by atoms with van der Waals surface area (Å²) in [6.45, 7) is 5.25. The van der Waals surface area contributed by atoms with E-state index in [0.717, 1.165) is 46.4 Å². The topological polar surface area (TPSA) is 53.4 Å². The fourth-order valence-corrected chi connectivity index (χ4v) is 3.59. The molecule has 0 saturated heterocycles. The molecule has 2 aromatic heterocycles. The average molecular weight is 369 g/mol. The van der Waals surface area contributed by atoms with Crippen molar-refractivity contribution in [3.8, 4) is 22.4 Å². The second kappa shape index (κ2) is 7.91. The highest BCUT2D eigenvalue weighted by Crippen LogP contribution is 2.34. The van der Waals surface area contributed by atoms with Gasteiger partial charge in [0.15, 0.2) is 0 Å². The number of aromatic nitrogens is 2. The molecule has 0 bridgehead atoms. The van der Waals surface area contributed by atoms with Gasteiger partial charge in [-0.15, -0.1) is 0 Å². The van der Waals surface area contributed by atoms with Crippen LogP contribution in [0.15, 0.2) is 72.9 Å². The molecule has 0 saturated carbocycles. The van der Waals surface area contributed by atoms with Crippen molar-refractivity contribution in [2.45, 2.75) is 26.8 Å². The van der Waals surface area contributed by atoms with Crippen LogP contribution in [-0.2, 0) is 13.0 Å². The molecule has 28 heavy (non-hydrogen) atoms. The molecule has 0 aliphatic carbocycles. The summed E-state index contributed by atoms with van der Waals surface area (Å²) in [7, 11) is 0. The third-order valence-electron chi connectivity index (χ3n) is 5.03. The Bertz CT molecular complexity index is 1080. The minimum absolute atomic E-state index is 0.549. The predicted molar refractivity (Wildman–Crippen MR) is 116 cm³/mol. The van der Waals surface area contributed by atoms with E-state index in [0.29, 0.717) is 5.92 Å². The van der Waals surface area contributed by atoms with Crippen LogP contribution in [0.4, 0.5) is 0 Å². The fourth-order valence-electron chi connectivity index (χ4n) is 3.59. The van der Waals surface area contributed by atoms with Gasteiger partial charge in [0.25, 0.3) is 0 Å². The number of pyridine rings is 2. The molecule has 2 aromatic carbocycles. The number of rotatable bonds is 5. The van der Waals surface area contributed by atoms with Gasteiger partial charge in [-0.3, -0.25) is 4.98 Å². The van der Waals surface area contributed by atoms with Gasteiger partial charge < -0.3 is 5.73 Å². The van der Waals surface area contributed by atoms with E-state index in [1.54, 1.807) is 0 Å². The highest BCUT2D eigenvalue weighted by Gasteiger charge is 2.14. The SMILES string of the molecule is CC(C)Cc1nccc2nc(-c3ccc(C[NH3+])cc3)c(-c3ccccc3)cc12. The van der Waals surface area contributed by atoms with Crippen molar-refractivity contribution < 1.29 is 5.73 Å². The van der Waals surface area contributed by atoms with Crippen molar-refractivity contribution in [3.05, 3.63) is 84.2 Å². The van der Waals surface area contributed by atoms with Gasteiger partial charge >= 0.3 is 0 Å². The van der Waals surface area contributed by atoms with Gasteiger partial charge in [0.05, 0.1) is 17.8 Å². The number of hydrogen-bond acceptors (Lipinski definition) is 2. The molecule has 2 heterocycles. The first kappa shape index (κ1) is 18.3. The smallest absolute Gasteiger partial charge is 0.0997 e. The van der Waals surface area contributed by atoms with E-state index in [9.17, 15) is 0 Å². The lowest BCUT2D eigenvalue weighted by Gasteiger charge is -2.14. The average Bonchev–Trinajstić information content (AvgIpc) is 2.73. The fraction of sp³-hybridized carbons (Fsp3) is 0.200. The van der Waals surface area contributed by atoms with Crippen molar-refractivity contribution in [2.75, 3.05) is 0 Å². The molecular formula is C25H26N3+. The quantitative estimate of drug-likeness (QED) is 0.544. The molecule has 4 rings (SSSR count). The van der Waals surface area contributed by atoms with E-state index in [1.807, 2.05) is 18.3 Å². The Labute approximate surface area is 166 Å². The zero-order chi connectivity index (χ0) is 19.5. The lowest BCUT2D eigenvalue weighted by Crippen LogP contribution is -2.47. The minimum Gasteiger partial charge on any atom is -0.354 e. The van der Waals surface area contributed by atoms with Crippen molar-refractivity contribution in [1.29, 1.82) is 0 Å². The number of quaternary nitrogens is 1. The summed E-state index contributed by atoms with van der Waals surface area (Å²) in [6.07, 6.45) is 2.83. The Morgan fingerprint density at radius 2 is 1.64 bits per heavy atom. The summed E-state index contributed by atoms with van der Waals surface area (Å²) in [4.78, 5) is 9.75.